The number of likely N-dealkylation sites (tertiary alicyclic amines) is 1. The largest absolute Gasteiger partial charge is 0.495 e. The van der Waals surface area contributed by atoms with E-state index in [4.69, 9.17) is 9.47 Å². The van der Waals surface area contributed by atoms with Crippen LogP contribution < -0.4 is 9.47 Å². The molecule has 21 heavy (non-hydrogen) atoms. The first-order valence-electron chi connectivity index (χ1n) is 6.45. The number of ether oxygens (including phenoxy) is 2. The van der Waals surface area contributed by atoms with Crippen molar-refractivity contribution in [2.24, 2.45) is 0 Å². The molecule has 0 spiro atoms. The van der Waals surface area contributed by atoms with Crippen molar-refractivity contribution < 1.29 is 24.2 Å². The number of carboxylic acids is 1. The SMILES string of the molecule is COc1cc(C(=O)N2CCC[C@@H]2C(=O)O)cc(OC)c1Br. The maximum atomic E-state index is 12.5. The van der Waals surface area contributed by atoms with Gasteiger partial charge in [-0.05, 0) is 40.9 Å². The molecule has 1 heterocycles. The Kier molecular flexibility index (Phi) is 4.72. The first-order valence-corrected chi connectivity index (χ1v) is 7.24. The van der Waals surface area contributed by atoms with Crippen LogP contribution in [-0.2, 0) is 4.79 Å². The van der Waals surface area contributed by atoms with Crippen molar-refractivity contribution in [3.05, 3.63) is 22.2 Å². The number of carboxylic acid groups (broad SMARTS) is 1. The Labute approximate surface area is 130 Å². The number of hydrogen-bond donors (Lipinski definition) is 1. The highest BCUT2D eigenvalue weighted by Gasteiger charge is 2.34. The van der Waals surface area contributed by atoms with Crippen LogP contribution in [0.5, 0.6) is 11.5 Å². The third-order valence-electron chi connectivity index (χ3n) is 3.49. The zero-order valence-corrected chi connectivity index (χ0v) is 13.3. The van der Waals surface area contributed by atoms with Crippen LogP contribution in [0.2, 0.25) is 0 Å². The molecule has 0 aromatic heterocycles. The number of hydrogen-bond acceptors (Lipinski definition) is 4. The lowest BCUT2D eigenvalue weighted by molar-refractivity contribution is -0.141. The molecule has 1 aliphatic rings. The summed E-state index contributed by atoms with van der Waals surface area (Å²) >= 11 is 3.33. The van der Waals surface area contributed by atoms with E-state index in [2.05, 4.69) is 15.9 Å². The van der Waals surface area contributed by atoms with Crippen LogP contribution >= 0.6 is 15.9 Å². The molecule has 0 radical (unpaired) electrons. The third-order valence-corrected chi connectivity index (χ3v) is 4.27. The van der Waals surface area contributed by atoms with Gasteiger partial charge < -0.3 is 19.5 Å². The molecule has 6 nitrogen and oxygen atoms in total. The molecule has 0 saturated carbocycles. The number of rotatable bonds is 4. The van der Waals surface area contributed by atoms with Gasteiger partial charge in [0.05, 0.1) is 14.2 Å². The molecule has 0 aliphatic carbocycles. The van der Waals surface area contributed by atoms with E-state index < -0.39 is 12.0 Å². The van der Waals surface area contributed by atoms with Gasteiger partial charge in [-0.2, -0.15) is 0 Å². The van der Waals surface area contributed by atoms with Gasteiger partial charge in [0.2, 0.25) is 0 Å². The van der Waals surface area contributed by atoms with E-state index in [0.717, 1.165) is 0 Å². The highest BCUT2D eigenvalue weighted by atomic mass is 79.9. The molecule has 1 amide bonds. The van der Waals surface area contributed by atoms with Gasteiger partial charge in [-0.1, -0.05) is 0 Å². The van der Waals surface area contributed by atoms with E-state index in [1.807, 2.05) is 0 Å². The van der Waals surface area contributed by atoms with Crippen LogP contribution in [-0.4, -0.2) is 48.7 Å². The van der Waals surface area contributed by atoms with Gasteiger partial charge in [-0.15, -0.1) is 0 Å². The fraction of sp³-hybridized carbons (Fsp3) is 0.429. The molecule has 1 aromatic carbocycles. The van der Waals surface area contributed by atoms with E-state index >= 15 is 0 Å². The van der Waals surface area contributed by atoms with Gasteiger partial charge in [-0.25, -0.2) is 4.79 Å². The number of amides is 1. The Bertz CT molecular complexity index is 549. The van der Waals surface area contributed by atoms with Gasteiger partial charge in [0.1, 0.15) is 22.0 Å². The minimum atomic E-state index is -0.975. The Hall–Kier alpha value is -1.76. The Morgan fingerprint density at radius 1 is 1.29 bits per heavy atom. The normalized spacial score (nSPS) is 17.7. The zero-order valence-electron chi connectivity index (χ0n) is 11.8. The fourth-order valence-electron chi connectivity index (χ4n) is 2.43. The van der Waals surface area contributed by atoms with Crippen molar-refractivity contribution in [2.45, 2.75) is 18.9 Å². The first-order chi connectivity index (χ1) is 9.99. The van der Waals surface area contributed by atoms with E-state index in [-0.39, 0.29) is 5.91 Å². The molecule has 1 atom stereocenters. The summed E-state index contributed by atoms with van der Waals surface area (Å²) in [5, 5.41) is 9.17. The van der Waals surface area contributed by atoms with E-state index in [0.29, 0.717) is 40.9 Å². The van der Waals surface area contributed by atoms with Crippen LogP contribution in [0.25, 0.3) is 0 Å². The standard InChI is InChI=1S/C14H16BrNO5/c1-20-10-6-8(7-11(21-2)12(10)15)13(17)16-5-3-4-9(16)14(18)19/h6-7,9H,3-5H2,1-2H3,(H,18,19)/t9-/m1/s1. The van der Waals surface area contributed by atoms with Crippen LogP contribution in [0.1, 0.15) is 23.2 Å². The molecular weight excluding hydrogens is 342 g/mol. The molecule has 1 aromatic rings. The lowest BCUT2D eigenvalue weighted by atomic mass is 10.1. The number of benzene rings is 1. The summed E-state index contributed by atoms with van der Waals surface area (Å²) in [6.07, 6.45) is 1.17. The number of carbonyl (C=O) groups excluding carboxylic acids is 1. The Balaban J connectivity index is 2.37. The first kappa shape index (κ1) is 15.6. The lowest BCUT2D eigenvalue weighted by Gasteiger charge is -2.22. The molecule has 2 rings (SSSR count). The zero-order chi connectivity index (χ0) is 15.6. The second-order valence-corrected chi connectivity index (χ2v) is 5.48. The summed E-state index contributed by atoms with van der Waals surface area (Å²) in [7, 11) is 2.98. The van der Waals surface area contributed by atoms with Gasteiger partial charge in [0.15, 0.2) is 0 Å². The quantitative estimate of drug-likeness (QED) is 0.893. The van der Waals surface area contributed by atoms with Crippen molar-refractivity contribution in [3.63, 3.8) is 0 Å². The predicted molar refractivity (Wildman–Crippen MR) is 78.9 cm³/mol. The molecule has 1 saturated heterocycles. The van der Waals surface area contributed by atoms with Crippen LogP contribution in [0, 0.1) is 0 Å². The van der Waals surface area contributed by atoms with Gasteiger partial charge >= 0.3 is 5.97 Å². The third kappa shape index (κ3) is 2.97. The Morgan fingerprint density at radius 2 is 1.86 bits per heavy atom. The maximum Gasteiger partial charge on any atom is 0.326 e. The van der Waals surface area contributed by atoms with Gasteiger partial charge in [0.25, 0.3) is 5.91 Å². The smallest absolute Gasteiger partial charge is 0.326 e. The summed E-state index contributed by atoms with van der Waals surface area (Å²) in [4.78, 5) is 25.1. The number of halogens is 1. The summed E-state index contributed by atoms with van der Waals surface area (Å²) in [5.74, 6) is -0.381. The second kappa shape index (κ2) is 6.34. The van der Waals surface area contributed by atoms with Gasteiger partial charge in [-0.3, -0.25) is 4.79 Å². The van der Waals surface area contributed by atoms with Crippen molar-refractivity contribution in [3.8, 4) is 11.5 Å². The predicted octanol–water partition coefficient (Wildman–Crippen LogP) is 2.16. The average molecular weight is 358 g/mol. The van der Waals surface area contributed by atoms with Crippen molar-refractivity contribution in [1.29, 1.82) is 0 Å². The molecule has 114 valence electrons. The summed E-state index contributed by atoms with van der Waals surface area (Å²) in [6, 6.07) is 2.39. The van der Waals surface area contributed by atoms with Crippen LogP contribution in [0.3, 0.4) is 0 Å². The highest BCUT2D eigenvalue weighted by molar-refractivity contribution is 9.10. The lowest BCUT2D eigenvalue weighted by Crippen LogP contribution is -2.40. The topological polar surface area (TPSA) is 76.1 Å². The molecule has 1 fully saturated rings. The van der Waals surface area contributed by atoms with Crippen LogP contribution in [0.4, 0.5) is 0 Å². The number of nitrogens with zero attached hydrogens (tertiary/aromatic N) is 1. The molecule has 0 bridgehead atoms. The highest BCUT2D eigenvalue weighted by Crippen LogP contribution is 2.36. The van der Waals surface area contributed by atoms with Crippen molar-refractivity contribution in [1.82, 2.24) is 4.90 Å². The monoisotopic (exact) mass is 357 g/mol. The molecule has 1 aliphatic heterocycles. The minimum absolute atomic E-state index is 0.330. The second-order valence-electron chi connectivity index (χ2n) is 4.69. The maximum absolute atomic E-state index is 12.5. The van der Waals surface area contributed by atoms with Crippen LogP contribution in [0.15, 0.2) is 16.6 Å². The molecule has 7 heteroatoms. The number of methoxy groups -OCH3 is 2. The van der Waals surface area contributed by atoms with Gasteiger partial charge in [0, 0.05) is 12.1 Å². The van der Waals surface area contributed by atoms with Crippen molar-refractivity contribution in [2.75, 3.05) is 20.8 Å². The Morgan fingerprint density at radius 3 is 2.33 bits per heavy atom. The summed E-state index contributed by atoms with van der Waals surface area (Å²) < 4.78 is 11.0. The van der Waals surface area contributed by atoms with E-state index in [1.54, 1.807) is 12.1 Å². The summed E-state index contributed by atoms with van der Waals surface area (Å²) in [6.45, 7) is 0.441. The van der Waals surface area contributed by atoms with Crippen molar-refractivity contribution >= 4 is 27.8 Å². The minimum Gasteiger partial charge on any atom is -0.495 e. The number of aliphatic carboxylic acids is 1. The average Bonchev–Trinajstić information content (AvgIpc) is 2.96. The molecule has 1 N–H and O–H groups in total. The fourth-order valence-corrected chi connectivity index (χ4v) is 2.98. The van der Waals surface area contributed by atoms with E-state index in [9.17, 15) is 14.7 Å². The number of carbonyl (C=O) groups is 2. The summed E-state index contributed by atoms with van der Waals surface area (Å²) in [5.41, 5.74) is 0.347. The van der Waals surface area contributed by atoms with E-state index in [1.165, 1.54) is 19.1 Å². The molecule has 0 unspecified atom stereocenters. The molecular formula is C14H16BrNO5.